The van der Waals surface area contributed by atoms with Gasteiger partial charge in [0, 0.05) is 5.69 Å². The third kappa shape index (κ3) is 3.19. The normalized spacial score (nSPS) is 11.6. The number of rotatable bonds is 4. The molecule has 0 aromatic heterocycles. The number of anilines is 1. The minimum atomic E-state index is -4.19. The summed E-state index contributed by atoms with van der Waals surface area (Å²) in [6, 6.07) is 4.48. The Bertz CT molecular complexity index is 443. The lowest BCUT2D eigenvalue weighted by atomic mass is 10.1. The van der Waals surface area contributed by atoms with Gasteiger partial charge in [0.1, 0.15) is 0 Å². The average molecular weight is 230 g/mol. The standard InChI is InChI=1S/C9H14N2O3S/c1-11-5-4-7-2-3-8(10)6-9(7)15(12,13)14/h2-3,6,11H,4-5,10H2,1H3,(H,12,13,14). The Labute approximate surface area is 89.0 Å². The molecule has 1 aromatic rings. The van der Waals surface area contributed by atoms with Crippen LogP contribution < -0.4 is 11.1 Å². The van der Waals surface area contributed by atoms with E-state index in [1.807, 2.05) is 0 Å². The zero-order valence-electron chi connectivity index (χ0n) is 8.40. The van der Waals surface area contributed by atoms with Crippen LogP contribution in [0.25, 0.3) is 0 Å². The minimum Gasteiger partial charge on any atom is -0.399 e. The first-order valence-corrected chi connectivity index (χ1v) is 5.89. The lowest BCUT2D eigenvalue weighted by Gasteiger charge is -2.07. The summed E-state index contributed by atoms with van der Waals surface area (Å²) >= 11 is 0. The van der Waals surface area contributed by atoms with Gasteiger partial charge < -0.3 is 11.1 Å². The Hall–Kier alpha value is -1.11. The quantitative estimate of drug-likeness (QED) is 0.510. The monoisotopic (exact) mass is 230 g/mol. The first-order chi connectivity index (χ1) is 6.95. The van der Waals surface area contributed by atoms with Gasteiger partial charge in [-0.25, -0.2) is 0 Å². The van der Waals surface area contributed by atoms with Crippen LogP contribution in [0, 0.1) is 0 Å². The third-order valence-corrected chi connectivity index (χ3v) is 2.95. The second-order valence-electron chi connectivity index (χ2n) is 3.20. The van der Waals surface area contributed by atoms with Gasteiger partial charge in [0.2, 0.25) is 0 Å². The van der Waals surface area contributed by atoms with Crippen molar-refractivity contribution in [1.82, 2.24) is 5.32 Å². The molecule has 0 amide bonds. The van der Waals surface area contributed by atoms with Gasteiger partial charge in [0.15, 0.2) is 0 Å². The molecular weight excluding hydrogens is 216 g/mol. The van der Waals surface area contributed by atoms with Crippen molar-refractivity contribution >= 4 is 15.8 Å². The van der Waals surface area contributed by atoms with E-state index in [1.54, 1.807) is 19.2 Å². The molecule has 5 nitrogen and oxygen atoms in total. The molecule has 0 saturated carbocycles. The molecule has 0 radical (unpaired) electrons. The molecule has 1 rings (SSSR count). The molecule has 0 bridgehead atoms. The van der Waals surface area contributed by atoms with Crippen LogP contribution in [0.2, 0.25) is 0 Å². The van der Waals surface area contributed by atoms with E-state index in [2.05, 4.69) is 5.32 Å². The predicted molar refractivity (Wildman–Crippen MR) is 58.3 cm³/mol. The van der Waals surface area contributed by atoms with Gasteiger partial charge in [-0.2, -0.15) is 8.42 Å². The topological polar surface area (TPSA) is 92.4 Å². The van der Waals surface area contributed by atoms with Gasteiger partial charge in [-0.15, -0.1) is 0 Å². The molecule has 0 saturated heterocycles. The van der Waals surface area contributed by atoms with Crippen LogP contribution in [0.15, 0.2) is 23.1 Å². The lowest BCUT2D eigenvalue weighted by molar-refractivity contribution is 0.482. The number of nitrogen functional groups attached to an aromatic ring is 1. The second-order valence-corrected chi connectivity index (χ2v) is 4.59. The van der Waals surface area contributed by atoms with E-state index in [1.165, 1.54) is 6.07 Å². The number of nitrogens with one attached hydrogen (secondary N) is 1. The predicted octanol–water partition coefficient (Wildman–Crippen LogP) is 0.277. The summed E-state index contributed by atoms with van der Waals surface area (Å²) < 4.78 is 31.1. The van der Waals surface area contributed by atoms with Crippen molar-refractivity contribution in [2.75, 3.05) is 19.3 Å². The van der Waals surface area contributed by atoms with Crippen LogP contribution in [0.4, 0.5) is 5.69 Å². The van der Waals surface area contributed by atoms with Gasteiger partial charge >= 0.3 is 0 Å². The van der Waals surface area contributed by atoms with Crippen LogP contribution in [-0.4, -0.2) is 26.6 Å². The Balaban J connectivity index is 3.15. The smallest absolute Gasteiger partial charge is 0.294 e. The Morgan fingerprint density at radius 3 is 2.67 bits per heavy atom. The maximum atomic E-state index is 11.0. The largest absolute Gasteiger partial charge is 0.399 e. The van der Waals surface area contributed by atoms with Crippen molar-refractivity contribution in [3.8, 4) is 0 Å². The molecular formula is C9H14N2O3S. The molecule has 84 valence electrons. The maximum Gasteiger partial charge on any atom is 0.294 e. The molecule has 0 heterocycles. The average Bonchev–Trinajstić information content (AvgIpc) is 2.14. The van der Waals surface area contributed by atoms with E-state index in [0.29, 0.717) is 24.2 Å². The number of benzene rings is 1. The molecule has 0 unspecified atom stereocenters. The van der Waals surface area contributed by atoms with E-state index >= 15 is 0 Å². The van der Waals surface area contributed by atoms with Crippen LogP contribution in [0.1, 0.15) is 5.56 Å². The highest BCUT2D eigenvalue weighted by atomic mass is 32.2. The molecule has 0 aliphatic rings. The summed E-state index contributed by atoms with van der Waals surface area (Å²) in [5.74, 6) is 0. The van der Waals surface area contributed by atoms with Gasteiger partial charge in [0.05, 0.1) is 4.90 Å². The molecule has 1 aromatic carbocycles. The van der Waals surface area contributed by atoms with Crippen molar-refractivity contribution in [1.29, 1.82) is 0 Å². The molecule has 15 heavy (non-hydrogen) atoms. The van der Waals surface area contributed by atoms with Gasteiger partial charge in [-0.05, 0) is 37.7 Å². The van der Waals surface area contributed by atoms with Crippen LogP contribution in [-0.2, 0) is 16.5 Å². The van der Waals surface area contributed by atoms with E-state index in [4.69, 9.17) is 10.3 Å². The number of likely N-dealkylation sites (N-methyl/N-ethyl adjacent to an activating group) is 1. The van der Waals surface area contributed by atoms with E-state index in [9.17, 15) is 8.42 Å². The maximum absolute atomic E-state index is 11.0. The first-order valence-electron chi connectivity index (χ1n) is 4.45. The van der Waals surface area contributed by atoms with Crippen molar-refractivity contribution in [3.63, 3.8) is 0 Å². The van der Waals surface area contributed by atoms with Crippen molar-refractivity contribution in [2.24, 2.45) is 0 Å². The minimum absolute atomic E-state index is 0.113. The summed E-state index contributed by atoms with van der Waals surface area (Å²) in [5.41, 5.74) is 6.33. The SMILES string of the molecule is CNCCc1ccc(N)cc1S(=O)(=O)O. The summed E-state index contributed by atoms with van der Waals surface area (Å²) in [5, 5.41) is 2.90. The van der Waals surface area contributed by atoms with Gasteiger partial charge in [-0.3, -0.25) is 4.55 Å². The van der Waals surface area contributed by atoms with Crippen molar-refractivity contribution in [2.45, 2.75) is 11.3 Å². The van der Waals surface area contributed by atoms with Gasteiger partial charge in [0.25, 0.3) is 10.1 Å². The Kier molecular flexibility index (Phi) is 3.67. The van der Waals surface area contributed by atoms with Crippen LogP contribution in [0.3, 0.4) is 0 Å². The van der Waals surface area contributed by atoms with E-state index in [-0.39, 0.29) is 4.90 Å². The fourth-order valence-electron chi connectivity index (χ4n) is 1.28. The molecule has 4 N–H and O–H groups in total. The Morgan fingerprint density at radius 2 is 2.13 bits per heavy atom. The number of hydrogen-bond donors (Lipinski definition) is 3. The second kappa shape index (κ2) is 4.61. The summed E-state index contributed by atoms with van der Waals surface area (Å²) in [6.07, 6.45) is 0.520. The lowest BCUT2D eigenvalue weighted by Crippen LogP contribution is -2.13. The van der Waals surface area contributed by atoms with Crippen molar-refractivity contribution in [3.05, 3.63) is 23.8 Å². The fourth-order valence-corrected chi connectivity index (χ4v) is 2.06. The zero-order chi connectivity index (χ0) is 11.5. The Morgan fingerprint density at radius 1 is 1.47 bits per heavy atom. The number of hydrogen-bond acceptors (Lipinski definition) is 4. The highest BCUT2D eigenvalue weighted by molar-refractivity contribution is 7.85. The summed E-state index contributed by atoms with van der Waals surface area (Å²) in [7, 11) is -2.43. The zero-order valence-corrected chi connectivity index (χ0v) is 9.21. The molecule has 0 spiro atoms. The highest BCUT2D eigenvalue weighted by Crippen LogP contribution is 2.19. The molecule has 6 heteroatoms. The van der Waals surface area contributed by atoms with Gasteiger partial charge in [-0.1, -0.05) is 6.07 Å². The summed E-state index contributed by atoms with van der Waals surface area (Å²) in [4.78, 5) is -0.113. The van der Waals surface area contributed by atoms with Crippen LogP contribution >= 0.6 is 0 Å². The fraction of sp³-hybridized carbons (Fsp3) is 0.333. The summed E-state index contributed by atoms with van der Waals surface area (Å²) in [6.45, 7) is 0.631. The van der Waals surface area contributed by atoms with E-state index < -0.39 is 10.1 Å². The molecule has 0 aliphatic carbocycles. The first kappa shape index (κ1) is 12.0. The van der Waals surface area contributed by atoms with Crippen LogP contribution in [0.5, 0.6) is 0 Å². The molecule has 0 fully saturated rings. The third-order valence-electron chi connectivity index (χ3n) is 2.01. The molecule has 0 aliphatic heterocycles. The highest BCUT2D eigenvalue weighted by Gasteiger charge is 2.15. The molecule has 0 atom stereocenters. The van der Waals surface area contributed by atoms with Crippen molar-refractivity contribution < 1.29 is 13.0 Å². The van der Waals surface area contributed by atoms with E-state index in [0.717, 1.165) is 0 Å². The number of nitrogens with two attached hydrogens (primary N) is 1.